The molecule has 3 N–H and O–H groups in total. The van der Waals surface area contributed by atoms with Gasteiger partial charge in [-0.1, -0.05) is 44.2 Å². The molecule has 3 rings (SSSR count). The zero-order valence-electron chi connectivity index (χ0n) is 21.3. The SMILES string of the molecule is Cc1ccc(NS(=O)(=O)c2ccc(NC(=S)NC(=O)C(C)c3ccc(CC(C)C)cc3)cc2)cc1C. The average Bonchev–Trinajstić information content (AvgIpc) is 2.81. The lowest BCUT2D eigenvalue weighted by Gasteiger charge is -2.15. The number of benzene rings is 3. The van der Waals surface area contributed by atoms with Gasteiger partial charge in [0.1, 0.15) is 0 Å². The van der Waals surface area contributed by atoms with Crippen LogP contribution in [0.5, 0.6) is 0 Å². The molecule has 0 fully saturated rings. The molecule has 190 valence electrons. The predicted octanol–water partition coefficient (Wildman–Crippen LogP) is 5.92. The fourth-order valence-corrected chi connectivity index (χ4v) is 4.95. The number of carbonyl (C=O) groups excluding carboxylic acids is 1. The highest BCUT2D eigenvalue weighted by atomic mass is 32.2. The number of aryl methyl sites for hydroxylation is 2. The van der Waals surface area contributed by atoms with Crippen LogP contribution in [-0.2, 0) is 21.2 Å². The van der Waals surface area contributed by atoms with Gasteiger partial charge in [0.25, 0.3) is 10.0 Å². The molecule has 8 heteroatoms. The maximum atomic E-state index is 12.7. The van der Waals surface area contributed by atoms with Crippen molar-refractivity contribution >= 4 is 44.6 Å². The molecule has 0 saturated carbocycles. The predicted molar refractivity (Wildman–Crippen MR) is 151 cm³/mol. The fourth-order valence-electron chi connectivity index (χ4n) is 3.68. The van der Waals surface area contributed by atoms with Crippen molar-refractivity contribution in [2.24, 2.45) is 5.92 Å². The second-order valence-corrected chi connectivity index (χ2v) is 11.5. The third-order valence-electron chi connectivity index (χ3n) is 5.94. The van der Waals surface area contributed by atoms with Gasteiger partial charge in [-0.3, -0.25) is 9.52 Å². The van der Waals surface area contributed by atoms with Crippen LogP contribution < -0.4 is 15.4 Å². The Morgan fingerprint density at radius 2 is 1.47 bits per heavy atom. The second-order valence-electron chi connectivity index (χ2n) is 9.43. The normalized spacial score (nSPS) is 12.2. The van der Waals surface area contributed by atoms with Gasteiger partial charge in [-0.15, -0.1) is 0 Å². The molecule has 0 saturated heterocycles. The summed E-state index contributed by atoms with van der Waals surface area (Å²) in [5.41, 5.74) is 5.32. The number of rotatable bonds is 8. The summed E-state index contributed by atoms with van der Waals surface area (Å²) in [5.74, 6) is -0.0225. The van der Waals surface area contributed by atoms with Crippen LogP contribution in [-0.4, -0.2) is 19.4 Å². The monoisotopic (exact) mass is 523 g/mol. The van der Waals surface area contributed by atoms with E-state index in [2.05, 4.69) is 41.3 Å². The summed E-state index contributed by atoms with van der Waals surface area (Å²) in [7, 11) is -3.74. The molecule has 0 spiro atoms. The van der Waals surface area contributed by atoms with Crippen molar-refractivity contribution in [3.8, 4) is 0 Å². The highest BCUT2D eigenvalue weighted by molar-refractivity contribution is 7.92. The van der Waals surface area contributed by atoms with Gasteiger partial charge in [-0.2, -0.15) is 0 Å². The zero-order chi connectivity index (χ0) is 26.5. The highest BCUT2D eigenvalue weighted by Crippen LogP contribution is 2.21. The molecular formula is C28H33N3O3S2. The molecular weight excluding hydrogens is 490 g/mol. The minimum absolute atomic E-state index is 0.121. The summed E-state index contributed by atoms with van der Waals surface area (Å²) >= 11 is 5.29. The summed E-state index contributed by atoms with van der Waals surface area (Å²) in [4.78, 5) is 12.8. The molecule has 0 aromatic heterocycles. The Morgan fingerprint density at radius 1 is 0.861 bits per heavy atom. The molecule has 0 aliphatic rings. The van der Waals surface area contributed by atoms with Crippen molar-refractivity contribution in [1.82, 2.24) is 5.32 Å². The number of anilines is 2. The summed E-state index contributed by atoms with van der Waals surface area (Å²) in [6.45, 7) is 10.1. The van der Waals surface area contributed by atoms with Gasteiger partial charge < -0.3 is 10.6 Å². The Morgan fingerprint density at radius 3 is 2.06 bits per heavy atom. The maximum Gasteiger partial charge on any atom is 0.261 e. The van der Waals surface area contributed by atoms with Gasteiger partial charge in [0.15, 0.2) is 5.11 Å². The molecule has 1 atom stereocenters. The van der Waals surface area contributed by atoms with Gasteiger partial charge >= 0.3 is 0 Å². The van der Waals surface area contributed by atoms with Crippen LogP contribution >= 0.6 is 12.2 Å². The number of thiocarbonyl (C=S) groups is 1. The summed E-state index contributed by atoms with van der Waals surface area (Å²) in [5, 5.41) is 5.79. The number of carbonyl (C=O) groups is 1. The van der Waals surface area contributed by atoms with Gasteiger partial charge in [0.05, 0.1) is 10.8 Å². The Bertz CT molecular complexity index is 1330. The van der Waals surface area contributed by atoms with Gasteiger partial charge in [-0.25, -0.2) is 8.42 Å². The molecule has 0 aliphatic heterocycles. The quantitative estimate of drug-likeness (QED) is 0.319. The van der Waals surface area contributed by atoms with E-state index in [1.165, 1.54) is 17.7 Å². The molecule has 36 heavy (non-hydrogen) atoms. The van der Waals surface area contributed by atoms with Gasteiger partial charge in [-0.05, 0) is 104 Å². The minimum Gasteiger partial charge on any atom is -0.332 e. The van der Waals surface area contributed by atoms with Crippen molar-refractivity contribution in [3.05, 3.63) is 89.0 Å². The van der Waals surface area contributed by atoms with E-state index in [0.29, 0.717) is 17.3 Å². The molecule has 0 radical (unpaired) electrons. The van der Waals surface area contributed by atoms with E-state index < -0.39 is 10.0 Å². The van der Waals surface area contributed by atoms with Crippen molar-refractivity contribution in [2.75, 3.05) is 10.0 Å². The van der Waals surface area contributed by atoms with Crippen LogP contribution in [0.15, 0.2) is 71.6 Å². The minimum atomic E-state index is -3.74. The van der Waals surface area contributed by atoms with Crippen LogP contribution in [0.1, 0.15) is 48.9 Å². The fraction of sp³-hybridized carbons (Fsp3) is 0.286. The first-order chi connectivity index (χ1) is 16.9. The van der Waals surface area contributed by atoms with Crippen molar-refractivity contribution in [3.63, 3.8) is 0 Å². The molecule has 3 aromatic carbocycles. The second kappa shape index (κ2) is 11.7. The first-order valence-corrected chi connectivity index (χ1v) is 13.7. The summed E-state index contributed by atoms with van der Waals surface area (Å²) in [6, 6.07) is 19.6. The number of nitrogens with one attached hydrogen (secondary N) is 3. The Balaban J connectivity index is 1.58. The van der Waals surface area contributed by atoms with Crippen molar-refractivity contribution in [1.29, 1.82) is 0 Å². The molecule has 0 heterocycles. The highest BCUT2D eigenvalue weighted by Gasteiger charge is 2.18. The average molecular weight is 524 g/mol. The first-order valence-electron chi connectivity index (χ1n) is 11.9. The van der Waals surface area contributed by atoms with E-state index in [1.807, 2.05) is 39.0 Å². The molecule has 1 unspecified atom stereocenters. The number of sulfonamides is 1. The first kappa shape index (κ1) is 27.4. The molecule has 1 amide bonds. The lowest BCUT2D eigenvalue weighted by atomic mass is 9.96. The van der Waals surface area contributed by atoms with E-state index in [1.54, 1.807) is 24.3 Å². The lowest BCUT2D eigenvalue weighted by molar-refractivity contribution is -0.120. The molecule has 6 nitrogen and oxygen atoms in total. The third-order valence-corrected chi connectivity index (χ3v) is 7.54. The van der Waals surface area contributed by atoms with Crippen LogP contribution in [0.3, 0.4) is 0 Å². The van der Waals surface area contributed by atoms with Crippen molar-refractivity contribution < 1.29 is 13.2 Å². The number of hydrogen-bond donors (Lipinski definition) is 3. The summed E-state index contributed by atoms with van der Waals surface area (Å²) in [6.07, 6.45) is 0.997. The van der Waals surface area contributed by atoms with Crippen LogP contribution in [0.2, 0.25) is 0 Å². The van der Waals surface area contributed by atoms with Gasteiger partial charge in [0.2, 0.25) is 5.91 Å². The summed E-state index contributed by atoms with van der Waals surface area (Å²) < 4.78 is 28.1. The van der Waals surface area contributed by atoms with Gasteiger partial charge in [0, 0.05) is 11.4 Å². The lowest BCUT2D eigenvalue weighted by Crippen LogP contribution is -2.36. The standard InChI is InChI=1S/C28H33N3O3S2/c1-18(2)16-22-7-9-23(10-8-22)21(5)27(32)30-28(35)29-24-12-14-26(15-13-24)36(33,34)31-25-11-6-19(3)20(4)17-25/h6-15,17-18,21,31H,16H2,1-5H3,(H2,29,30,32,35). The van der Waals surface area contributed by atoms with E-state index in [9.17, 15) is 13.2 Å². The smallest absolute Gasteiger partial charge is 0.261 e. The Kier molecular flexibility index (Phi) is 8.87. The van der Waals surface area contributed by atoms with Crippen LogP contribution in [0.25, 0.3) is 0 Å². The van der Waals surface area contributed by atoms with E-state index >= 15 is 0 Å². The molecule has 0 bridgehead atoms. The van der Waals surface area contributed by atoms with E-state index in [0.717, 1.165) is 23.1 Å². The maximum absolute atomic E-state index is 12.7. The Labute approximate surface area is 219 Å². The molecule has 3 aromatic rings. The third kappa shape index (κ3) is 7.38. The Hall–Kier alpha value is -3.23. The van der Waals surface area contributed by atoms with Crippen LogP contribution in [0, 0.1) is 19.8 Å². The topological polar surface area (TPSA) is 87.3 Å². The van der Waals surface area contributed by atoms with E-state index in [-0.39, 0.29) is 21.8 Å². The van der Waals surface area contributed by atoms with Crippen LogP contribution in [0.4, 0.5) is 11.4 Å². The molecule has 0 aliphatic carbocycles. The van der Waals surface area contributed by atoms with Crippen molar-refractivity contribution in [2.45, 2.75) is 51.9 Å². The largest absolute Gasteiger partial charge is 0.332 e. The number of amides is 1. The number of hydrogen-bond acceptors (Lipinski definition) is 4. The zero-order valence-corrected chi connectivity index (χ0v) is 22.9. The van der Waals surface area contributed by atoms with E-state index in [4.69, 9.17) is 12.2 Å².